The molecule has 0 bridgehead atoms. The van der Waals surface area contributed by atoms with Gasteiger partial charge in [0.2, 0.25) is 5.91 Å². The molecule has 0 aliphatic heterocycles. The van der Waals surface area contributed by atoms with Gasteiger partial charge in [0.25, 0.3) is 0 Å². The molecule has 23 heavy (non-hydrogen) atoms. The first-order chi connectivity index (χ1) is 11.0. The summed E-state index contributed by atoms with van der Waals surface area (Å²) in [4.78, 5) is 16.5. The van der Waals surface area contributed by atoms with Gasteiger partial charge in [0, 0.05) is 23.4 Å². The maximum atomic E-state index is 11.9. The Bertz CT molecular complexity index is 687. The Morgan fingerprint density at radius 3 is 2.78 bits per heavy atom. The van der Waals surface area contributed by atoms with Gasteiger partial charge in [-0.25, -0.2) is 4.98 Å². The van der Waals surface area contributed by atoms with E-state index in [1.165, 1.54) is 0 Å². The Kier molecular flexibility index (Phi) is 4.90. The normalized spacial score (nSPS) is 21.7. The minimum Gasteiger partial charge on any atom is -0.440 e. The van der Waals surface area contributed by atoms with Crippen LogP contribution in [0.3, 0.4) is 0 Å². The number of halogens is 1. The van der Waals surface area contributed by atoms with Crippen LogP contribution < -0.4 is 5.32 Å². The van der Waals surface area contributed by atoms with Crippen LogP contribution in [-0.4, -0.2) is 16.9 Å². The van der Waals surface area contributed by atoms with E-state index in [4.69, 9.17) is 16.0 Å². The molecule has 1 aromatic heterocycles. The summed E-state index contributed by atoms with van der Waals surface area (Å²) in [7, 11) is 0. The van der Waals surface area contributed by atoms with Crippen molar-refractivity contribution in [2.24, 2.45) is 5.92 Å². The molecule has 0 spiro atoms. The van der Waals surface area contributed by atoms with E-state index in [1.54, 1.807) is 0 Å². The number of rotatable bonds is 4. The fourth-order valence-electron chi connectivity index (χ4n) is 3.24. The third-order valence-corrected chi connectivity index (χ3v) is 4.64. The number of carbonyl (C=O) groups is 1. The van der Waals surface area contributed by atoms with Crippen molar-refractivity contribution in [1.82, 2.24) is 10.3 Å². The van der Waals surface area contributed by atoms with Crippen molar-refractivity contribution in [3.05, 3.63) is 29.1 Å². The van der Waals surface area contributed by atoms with Crippen molar-refractivity contribution in [3.63, 3.8) is 0 Å². The van der Waals surface area contributed by atoms with Crippen LogP contribution in [-0.2, 0) is 4.79 Å². The summed E-state index contributed by atoms with van der Waals surface area (Å²) in [6.45, 7) is 4.13. The molecule has 0 atom stereocenters. The molecular formula is C18H23ClN2O2. The summed E-state index contributed by atoms with van der Waals surface area (Å²) in [6, 6.07) is 5.81. The van der Waals surface area contributed by atoms with Gasteiger partial charge in [-0.1, -0.05) is 25.4 Å². The quantitative estimate of drug-likeness (QED) is 0.884. The Balaban J connectivity index is 1.58. The number of benzene rings is 1. The third kappa shape index (κ3) is 4.05. The van der Waals surface area contributed by atoms with Crippen molar-refractivity contribution in [3.8, 4) is 0 Å². The molecule has 1 aliphatic rings. The van der Waals surface area contributed by atoms with Crippen LogP contribution in [0.15, 0.2) is 22.6 Å². The van der Waals surface area contributed by atoms with Crippen molar-refractivity contribution in [1.29, 1.82) is 0 Å². The van der Waals surface area contributed by atoms with E-state index in [0.717, 1.165) is 42.7 Å². The van der Waals surface area contributed by atoms with Gasteiger partial charge in [0.1, 0.15) is 5.52 Å². The minimum atomic E-state index is 0.167. The zero-order valence-electron chi connectivity index (χ0n) is 13.6. The van der Waals surface area contributed by atoms with Crippen LogP contribution in [0.2, 0.25) is 5.02 Å². The fourth-order valence-corrected chi connectivity index (χ4v) is 3.40. The topological polar surface area (TPSA) is 55.1 Å². The highest BCUT2D eigenvalue weighted by Crippen LogP contribution is 2.34. The first-order valence-corrected chi connectivity index (χ1v) is 8.74. The van der Waals surface area contributed by atoms with Crippen molar-refractivity contribution in [2.75, 3.05) is 0 Å². The van der Waals surface area contributed by atoms with E-state index in [0.29, 0.717) is 23.3 Å². The molecule has 0 unspecified atom stereocenters. The lowest BCUT2D eigenvalue weighted by atomic mass is 9.86. The standard InChI is InChI=1S/C18H23ClN2O2/c1-11(2)9-17(22)20-14-6-3-12(4-7-14)18-21-15-10-13(19)5-8-16(15)23-18/h5,8,10-12,14H,3-4,6-7,9H2,1-2H3,(H,20,22). The molecule has 1 aromatic carbocycles. The van der Waals surface area contributed by atoms with E-state index in [2.05, 4.69) is 24.1 Å². The summed E-state index contributed by atoms with van der Waals surface area (Å²) < 4.78 is 5.87. The third-order valence-electron chi connectivity index (χ3n) is 4.40. The molecule has 1 saturated carbocycles. The zero-order valence-corrected chi connectivity index (χ0v) is 14.4. The fraction of sp³-hybridized carbons (Fsp3) is 0.556. The van der Waals surface area contributed by atoms with Crippen LogP contribution in [0, 0.1) is 5.92 Å². The van der Waals surface area contributed by atoms with Gasteiger partial charge in [-0.15, -0.1) is 0 Å². The smallest absolute Gasteiger partial charge is 0.220 e. The Hall–Kier alpha value is -1.55. The lowest BCUT2D eigenvalue weighted by Gasteiger charge is -2.27. The van der Waals surface area contributed by atoms with E-state index < -0.39 is 0 Å². The summed E-state index contributed by atoms with van der Waals surface area (Å²) in [6.07, 6.45) is 4.55. The molecule has 1 heterocycles. The number of nitrogens with zero attached hydrogens (tertiary/aromatic N) is 1. The molecule has 1 N–H and O–H groups in total. The first-order valence-electron chi connectivity index (χ1n) is 8.36. The van der Waals surface area contributed by atoms with Crippen LogP contribution >= 0.6 is 11.6 Å². The molecule has 0 saturated heterocycles. The number of carbonyl (C=O) groups excluding carboxylic acids is 1. The summed E-state index contributed by atoms with van der Waals surface area (Å²) in [5, 5.41) is 3.82. The maximum Gasteiger partial charge on any atom is 0.220 e. The molecule has 4 nitrogen and oxygen atoms in total. The first kappa shape index (κ1) is 16.3. The highest BCUT2D eigenvalue weighted by Gasteiger charge is 2.26. The highest BCUT2D eigenvalue weighted by molar-refractivity contribution is 6.31. The minimum absolute atomic E-state index is 0.167. The van der Waals surface area contributed by atoms with Gasteiger partial charge in [-0.2, -0.15) is 0 Å². The number of oxazole rings is 1. The van der Waals surface area contributed by atoms with Gasteiger partial charge in [0.15, 0.2) is 11.5 Å². The molecule has 0 radical (unpaired) electrons. The van der Waals surface area contributed by atoms with Crippen LogP contribution in [0.4, 0.5) is 0 Å². The van der Waals surface area contributed by atoms with Crippen LogP contribution in [0.5, 0.6) is 0 Å². The predicted molar refractivity (Wildman–Crippen MR) is 91.6 cm³/mol. The van der Waals surface area contributed by atoms with Crippen molar-refractivity contribution in [2.45, 2.75) is 57.9 Å². The number of nitrogens with one attached hydrogen (secondary N) is 1. The lowest BCUT2D eigenvalue weighted by molar-refractivity contribution is -0.122. The van der Waals surface area contributed by atoms with Gasteiger partial charge in [-0.3, -0.25) is 4.79 Å². The van der Waals surface area contributed by atoms with Gasteiger partial charge >= 0.3 is 0 Å². The van der Waals surface area contributed by atoms with Gasteiger partial charge in [0.05, 0.1) is 0 Å². The summed E-state index contributed by atoms with van der Waals surface area (Å²) in [5.41, 5.74) is 1.61. The zero-order chi connectivity index (χ0) is 16.4. The lowest BCUT2D eigenvalue weighted by Crippen LogP contribution is -2.37. The molecule has 1 aliphatic carbocycles. The Morgan fingerprint density at radius 1 is 1.35 bits per heavy atom. The number of hydrogen-bond donors (Lipinski definition) is 1. The molecule has 2 aromatic rings. The predicted octanol–water partition coefficient (Wildman–Crippen LogP) is 4.67. The van der Waals surface area contributed by atoms with Crippen LogP contribution in [0.1, 0.15) is 57.8 Å². The second kappa shape index (κ2) is 6.91. The number of amides is 1. The SMILES string of the molecule is CC(C)CC(=O)NC1CCC(c2nc3cc(Cl)ccc3o2)CC1. The van der Waals surface area contributed by atoms with E-state index in [-0.39, 0.29) is 11.9 Å². The Morgan fingerprint density at radius 2 is 2.09 bits per heavy atom. The molecule has 1 amide bonds. The average Bonchev–Trinajstić information content (AvgIpc) is 2.90. The van der Waals surface area contributed by atoms with Crippen LogP contribution in [0.25, 0.3) is 11.1 Å². The van der Waals surface area contributed by atoms with Gasteiger partial charge in [-0.05, 0) is 49.8 Å². The summed E-state index contributed by atoms with van der Waals surface area (Å²) in [5.74, 6) is 1.70. The van der Waals surface area contributed by atoms with E-state index in [1.807, 2.05) is 18.2 Å². The monoisotopic (exact) mass is 334 g/mol. The molecular weight excluding hydrogens is 312 g/mol. The molecule has 5 heteroatoms. The maximum absolute atomic E-state index is 11.9. The average molecular weight is 335 g/mol. The Labute approximate surface area is 141 Å². The van der Waals surface area contributed by atoms with E-state index >= 15 is 0 Å². The number of fused-ring (bicyclic) bond motifs is 1. The molecule has 3 rings (SSSR count). The summed E-state index contributed by atoms with van der Waals surface area (Å²) >= 11 is 6.00. The molecule has 1 fully saturated rings. The second-order valence-electron chi connectivity index (χ2n) is 6.88. The van der Waals surface area contributed by atoms with Crippen molar-refractivity contribution < 1.29 is 9.21 Å². The molecule has 124 valence electrons. The highest BCUT2D eigenvalue weighted by atomic mass is 35.5. The second-order valence-corrected chi connectivity index (χ2v) is 7.31. The largest absolute Gasteiger partial charge is 0.440 e. The number of hydrogen-bond acceptors (Lipinski definition) is 3. The number of aromatic nitrogens is 1. The van der Waals surface area contributed by atoms with Crippen molar-refractivity contribution >= 4 is 28.6 Å². The van der Waals surface area contributed by atoms with E-state index in [9.17, 15) is 4.79 Å². The van der Waals surface area contributed by atoms with Gasteiger partial charge < -0.3 is 9.73 Å².